The summed E-state index contributed by atoms with van der Waals surface area (Å²) in [6, 6.07) is 0. The lowest BCUT2D eigenvalue weighted by atomic mass is 9.64. The normalized spacial score (nSPS) is 19.4. The Balaban J connectivity index is 0.00000312. The highest BCUT2D eigenvalue weighted by Gasteiger charge is 2.37. The molecule has 0 unspecified atom stereocenters. The SMILES string of the molecule is CCNC(=NCC1(CC(C)C)CCC1)NCCC(=O)N1CCCC1.I. The maximum Gasteiger partial charge on any atom is 0.224 e. The highest BCUT2D eigenvalue weighted by atomic mass is 127. The Morgan fingerprint density at radius 2 is 1.84 bits per heavy atom. The van der Waals surface area contributed by atoms with Crippen LogP contribution in [0.1, 0.15) is 65.7 Å². The zero-order chi connectivity index (χ0) is 17.4. The molecule has 0 radical (unpaired) electrons. The minimum atomic E-state index is 0. The van der Waals surface area contributed by atoms with Crippen LogP contribution in [-0.2, 0) is 4.79 Å². The standard InChI is InChI=1S/C19H36N4O.HI/c1-4-20-18(21-11-8-17(24)23-12-5-6-13-23)22-15-19(9-7-10-19)14-16(2)3;/h16H,4-15H2,1-3H3,(H2,20,21,22);1H. The van der Waals surface area contributed by atoms with Gasteiger partial charge in [0.1, 0.15) is 0 Å². The number of carbonyl (C=O) groups is 1. The van der Waals surface area contributed by atoms with Crippen LogP contribution < -0.4 is 10.6 Å². The lowest BCUT2D eigenvalue weighted by Gasteiger charge is -2.42. The van der Waals surface area contributed by atoms with Crippen LogP contribution in [0.4, 0.5) is 0 Å². The smallest absolute Gasteiger partial charge is 0.224 e. The lowest BCUT2D eigenvalue weighted by Crippen LogP contribution is -2.41. The maximum absolute atomic E-state index is 12.1. The number of likely N-dealkylation sites (tertiary alicyclic amines) is 1. The average Bonchev–Trinajstić information content (AvgIpc) is 3.03. The Bertz CT molecular complexity index is 429. The molecule has 2 N–H and O–H groups in total. The molecule has 0 bridgehead atoms. The van der Waals surface area contributed by atoms with Crippen LogP contribution in [0.25, 0.3) is 0 Å². The highest BCUT2D eigenvalue weighted by Crippen LogP contribution is 2.46. The van der Waals surface area contributed by atoms with E-state index < -0.39 is 0 Å². The number of halogens is 1. The van der Waals surface area contributed by atoms with E-state index in [0.29, 0.717) is 18.4 Å². The zero-order valence-corrected chi connectivity index (χ0v) is 18.6. The van der Waals surface area contributed by atoms with Gasteiger partial charge in [-0.3, -0.25) is 9.79 Å². The Kier molecular flexibility index (Phi) is 10.1. The van der Waals surface area contributed by atoms with Crippen LogP contribution in [-0.4, -0.2) is 49.5 Å². The molecule has 2 fully saturated rings. The number of aliphatic imine (C=N–C) groups is 1. The summed E-state index contributed by atoms with van der Waals surface area (Å²) in [6.07, 6.45) is 8.09. The van der Waals surface area contributed by atoms with Crippen molar-refractivity contribution in [2.45, 2.75) is 65.7 Å². The molecule has 146 valence electrons. The van der Waals surface area contributed by atoms with E-state index in [2.05, 4.69) is 31.4 Å². The predicted molar refractivity (Wildman–Crippen MR) is 116 cm³/mol. The van der Waals surface area contributed by atoms with Crippen molar-refractivity contribution in [3.8, 4) is 0 Å². The number of nitrogens with zero attached hydrogens (tertiary/aromatic N) is 2. The summed E-state index contributed by atoms with van der Waals surface area (Å²) in [7, 11) is 0. The van der Waals surface area contributed by atoms with Gasteiger partial charge in [-0.05, 0) is 50.4 Å². The average molecular weight is 464 g/mol. The molecule has 0 aromatic rings. The fourth-order valence-corrected chi connectivity index (χ4v) is 3.97. The quantitative estimate of drug-likeness (QED) is 0.329. The van der Waals surface area contributed by atoms with Gasteiger partial charge in [-0.2, -0.15) is 0 Å². The van der Waals surface area contributed by atoms with Crippen molar-refractivity contribution < 1.29 is 4.79 Å². The first-order chi connectivity index (χ1) is 11.5. The van der Waals surface area contributed by atoms with Crippen LogP contribution in [0, 0.1) is 11.3 Å². The molecule has 2 aliphatic rings. The second kappa shape index (κ2) is 11.2. The topological polar surface area (TPSA) is 56.7 Å². The molecule has 0 atom stereocenters. The molecule has 2 rings (SSSR count). The molecular formula is C19H37IN4O. The number of hydrogen-bond donors (Lipinski definition) is 2. The van der Waals surface area contributed by atoms with Crippen molar-refractivity contribution >= 4 is 35.8 Å². The van der Waals surface area contributed by atoms with Crippen LogP contribution in [0.5, 0.6) is 0 Å². The molecule has 1 saturated heterocycles. The summed E-state index contributed by atoms with van der Waals surface area (Å²) in [4.78, 5) is 18.9. The Labute approximate surface area is 170 Å². The molecule has 5 nitrogen and oxygen atoms in total. The minimum Gasteiger partial charge on any atom is -0.357 e. The predicted octanol–water partition coefficient (Wildman–Crippen LogP) is 3.39. The Morgan fingerprint density at radius 3 is 2.36 bits per heavy atom. The van der Waals surface area contributed by atoms with Gasteiger partial charge in [0.2, 0.25) is 5.91 Å². The highest BCUT2D eigenvalue weighted by molar-refractivity contribution is 14.0. The van der Waals surface area contributed by atoms with Gasteiger partial charge in [-0.25, -0.2) is 0 Å². The van der Waals surface area contributed by atoms with Gasteiger partial charge < -0.3 is 15.5 Å². The van der Waals surface area contributed by atoms with Crippen molar-refractivity contribution in [2.75, 3.05) is 32.7 Å². The molecule has 0 aromatic carbocycles. The number of amides is 1. The second-order valence-corrected chi connectivity index (χ2v) is 7.91. The molecular weight excluding hydrogens is 427 g/mol. The lowest BCUT2D eigenvalue weighted by molar-refractivity contribution is -0.129. The molecule has 0 aromatic heterocycles. The summed E-state index contributed by atoms with van der Waals surface area (Å²) < 4.78 is 0. The van der Waals surface area contributed by atoms with Crippen LogP contribution in [0.2, 0.25) is 0 Å². The summed E-state index contributed by atoms with van der Waals surface area (Å²) in [5, 5.41) is 6.65. The van der Waals surface area contributed by atoms with E-state index in [0.717, 1.165) is 50.9 Å². The molecule has 1 saturated carbocycles. The van der Waals surface area contributed by atoms with Crippen LogP contribution in [0.3, 0.4) is 0 Å². The monoisotopic (exact) mass is 464 g/mol. The number of rotatable bonds is 8. The number of nitrogens with one attached hydrogen (secondary N) is 2. The van der Waals surface area contributed by atoms with Crippen LogP contribution in [0.15, 0.2) is 4.99 Å². The second-order valence-electron chi connectivity index (χ2n) is 7.91. The van der Waals surface area contributed by atoms with Gasteiger partial charge in [-0.1, -0.05) is 20.3 Å². The summed E-state index contributed by atoms with van der Waals surface area (Å²) in [5.74, 6) is 1.86. The first-order valence-corrected chi connectivity index (χ1v) is 9.84. The molecule has 0 spiro atoms. The van der Waals surface area contributed by atoms with Crippen molar-refractivity contribution in [1.82, 2.24) is 15.5 Å². The Morgan fingerprint density at radius 1 is 1.16 bits per heavy atom. The summed E-state index contributed by atoms with van der Waals surface area (Å²) in [5.41, 5.74) is 0.419. The van der Waals surface area contributed by atoms with Gasteiger partial charge in [-0.15, -0.1) is 24.0 Å². The van der Waals surface area contributed by atoms with E-state index in [4.69, 9.17) is 4.99 Å². The van der Waals surface area contributed by atoms with Gasteiger partial charge in [0.05, 0.1) is 0 Å². The number of guanidine groups is 1. The third kappa shape index (κ3) is 7.31. The first-order valence-electron chi connectivity index (χ1n) is 9.84. The van der Waals surface area contributed by atoms with Crippen molar-refractivity contribution in [3.63, 3.8) is 0 Å². The molecule has 1 amide bonds. The summed E-state index contributed by atoms with van der Waals surface area (Å²) in [6.45, 7) is 11.0. The fraction of sp³-hybridized carbons (Fsp3) is 0.895. The molecule has 1 aliphatic carbocycles. The first kappa shape index (κ1) is 22.5. The molecule has 1 aliphatic heterocycles. The van der Waals surface area contributed by atoms with Crippen molar-refractivity contribution in [3.05, 3.63) is 0 Å². The van der Waals surface area contributed by atoms with E-state index in [9.17, 15) is 4.79 Å². The van der Waals surface area contributed by atoms with Gasteiger partial charge in [0, 0.05) is 39.1 Å². The maximum atomic E-state index is 12.1. The van der Waals surface area contributed by atoms with E-state index in [1.807, 2.05) is 4.90 Å². The van der Waals surface area contributed by atoms with Gasteiger partial charge in [0.25, 0.3) is 0 Å². The Hall–Kier alpha value is -0.530. The van der Waals surface area contributed by atoms with E-state index >= 15 is 0 Å². The van der Waals surface area contributed by atoms with E-state index in [1.54, 1.807) is 0 Å². The molecule has 6 heteroatoms. The third-order valence-electron chi connectivity index (χ3n) is 5.26. The van der Waals surface area contributed by atoms with Crippen molar-refractivity contribution in [1.29, 1.82) is 0 Å². The zero-order valence-electron chi connectivity index (χ0n) is 16.3. The van der Waals surface area contributed by atoms with Gasteiger partial charge in [0.15, 0.2) is 5.96 Å². The fourth-order valence-electron chi connectivity index (χ4n) is 3.97. The van der Waals surface area contributed by atoms with Gasteiger partial charge >= 0.3 is 0 Å². The van der Waals surface area contributed by atoms with Crippen molar-refractivity contribution in [2.24, 2.45) is 16.3 Å². The van der Waals surface area contributed by atoms with E-state index in [-0.39, 0.29) is 29.9 Å². The molecule has 25 heavy (non-hydrogen) atoms. The van der Waals surface area contributed by atoms with E-state index in [1.165, 1.54) is 25.7 Å². The number of hydrogen-bond acceptors (Lipinski definition) is 2. The molecule has 1 heterocycles. The van der Waals surface area contributed by atoms with Crippen LogP contribution >= 0.6 is 24.0 Å². The summed E-state index contributed by atoms with van der Waals surface area (Å²) >= 11 is 0. The largest absolute Gasteiger partial charge is 0.357 e. The number of carbonyl (C=O) groups excluding carboxylic acids is 1. The minimum absolute atomic E-state index is 0. The third-order valence-corrected chi connectivity index (χ3v) is 5.26.